The van der Waals surface area contributed by atoms with Crippen LogP contribution in [0.15, 0.2) is 65.7 Å². The number of hydrogen-bond donors (Lipinski definition) is 1. The minimum atomic E-state index is 0.0639. The first-order chi connectivity index (χ1) is 15.2. The highest BCUT2D eigenvalue weighted by Gasteiger charge is 2.25. The number of aryl methyl sites for hydroxylation is 1. The molecule has 0 amide bonds. The van der Waals surface area contributed by atoms with Gasteiger partial charge in [-0.3, -0.25) is 9.36 Å². The summed E-state index contributed by atoms with van der Waals surface area (Å²) in [5, 5.41) is 4.50. The number of thiophene rings is 1. The van der Waals surface area contributed by atoms with Crippen molar-refractivity contribution in [2.45, 2.75) is 38.4 Å². The first kappa shape index (κ1) is 20.0. The molecule has 5 rings (SSSR count). The quantitative estimate of drug-likeness (QED) is 0.498. The predicted molar refractivity (Wildman–Crippen MR) is 125 cm³/mol. The van der Waals surface area contributed by atoms with E-state index in [1.807, 2.05) is 30.3 Å². The van der Waals surface area contributed by atoms with Gasteiger partial charge in [0.2, 0.25) is 0 Å². The van der Waals surface area contributed by atoms with Crippen LogP contribution in [0.4, 0.5) is 0 Å². The van der Waals surface area contributed by atoms with Crippen molar-refractivity contribution < 1.29 is 4.74 Å². The lowest BCUT2D eigenvalue weighted by Crippen LogP contribution is -2.33. The Morgan fingerprint density at radius 2 is 1.94 bits per heavy atom. The SMILES string of the molecule is COc1ccc(Cn2cnc3sc4c(c3c2=O)CCC(NCc2ccccc2)C4)cc1. The molecule has 0 aliphatic heterocycles. The molecule has 0 saturated carbocycles. The van der Waals surface area contributed by atoms with Gasteiger partial charge in [0.25, 0.3) is 5.56 Å². The number of nitrogens with zero attached hydrogens (tertiary/aromatic N) is 2. The number of methoxy groups -OCH3 is 1. The minimum Gasteiger partial charge on any atom is -0.497 e. The summed E-state index contributed by atoms with van der Waals surface area (Å²) in [4.78, 5) is 20.1. The Hall–Kier alpha value is -2.96. The summed E-state index contributed by atoms with van der Waals surface area (Å²) in [6, 6.07) is 18.7. The highest BCUT2D eigenvalue weighted by atomic mass is 32.1. The average molecular weight is 432 g/mol. The monoisotopic (exact) mass is 431 g/mol. The number of fused-ring (bicyclic) bond motifs is 3. The highest BCUT2D eigenvalue weighted by molar-refractivity contribution is 7.18. The van der Waals surface area contributed by atoms with E-state index in [0.29, 0.717) is 12.6 Å². The van der Waals surface area contributed by atoms with Gasteiger partial charge >= 0.3 is 0 Å². The molecule has 6 heteroatoms. The summed E-state index contributed by atoms with van der Waals surface area (Å²) < 4.78 is 6.94. The molecule has 0 fully saturated rings. The van der Waals surface area contributed by atoms with E-state index in [9.17, 15) is 4.79 Å². The second-order valence-corrected chi connectivity index (χ2v) is 9.10. The maximum absolute atomic E-state index is 13.3. The molecule has 2 heterocycles. The summed E-state index contributed by atoms with van der Waals surface area (Å²) in [6.45, 7) is 1.39. The van der Waals surface area contributed by atoms with Gasteiger partial charge in [-0.05, 0) is 48.1 Å². The Morgan fingerprint density at radius 3 is 2.71 bits per heavy atom. The fourth-order valence-electron chi connectivity index (χ4n) is 4.27. The third kappa shape index (κ3) is 4.13. The summed E-state index contributed by atoms with van der Waals surface area (Å²) in [5.74, 6) is 0.812. The third-order valence-electron chi connectivity index (χ3n) is 5.99. The van der Waals surface area contributed by atoms with Crippen LogP contribution in [0.2, 0.25) is 0 Å². The van der Waals surface area contributed by atoms with Crippen LogP contribution in [0.1, 0.15) is 28.0 Å². The molecule has 2 aromatic heterocycles. The molecule has 1 N–H and O–H groups in total. The lowest BCUT2D eigenvalue weighted by atomic mass is 9.93. The molecule has 1 aliphatic carbocycles. The topological polar surface area (TPSA) is 56.2 Å². The van der Waals surface area contributed by atoms with Gasteiger partial charge in [-0.2, -0.15) is 0 Å². The van der Waals surface area contributed by atoms with Crippen molar-refractivity contribution in [3.63, 3.8) is 0 Å². The molecule has 0 saturated heterocycles. The van der Waals surface area contributed by atoms with Crippen molar-refractivity contribution in [1.29, 1.82) is 0 Å². The largest absolute Gasteiger partial charge is 0.497 e. The molecule has 0 radical (unpaired) electrons. The number of hydrogen-bond acceptors (Lipinski definition) is 5. The zero-order valence-electron chi connectivity index (χ0n) is 17.5. The van der Waals surface area contributed by atoms with Gasteiger partial charge < -0.3 is 10.1 Å². The van der Waals surface area contributed by atoms with E-state index < -0.39 is 0 Å². The molecule has 4 aromatic rings. The molecule has 158 valence electrons. The molecule has 31 heavy (non-hydrogen) atoms. The highest BCUT2D eigenvalue weighted by Crippen LogP contribution is 2.33. The van der Waals surface area contributed by atoms with Crippen LogP contribution in [0.3, 0.4) is 0 Å². The van der Waals surface area contributed by atoms with Crippen molar-refractivity contribution >= 4 is 21.6 Å². The number of rotatable bonds is 6. The Kier molecular flexibility index (Phi) is 5.57. The van der Waals surface area contributed by atoms with Crippen molar-refractivity contribution in [2.24, 2.45) is 0 Å². The second kappa shape index (κ2) is 8.65. The summed E-state index contributed by atoms with van der Waals surface area (Å²) >= 11 is 1.68. The van der Waals surface area contributed by atoms with Gasteiger partial charge in [-0.25, -0.2) is 4.98 Å². The summed E-state index contributed by atoms with van der Waals surface area (Å²) in [7, 11) is 1.65. The number of benzene rings is 2. The van der Waals surface area contributed by atoms with Crippen LogP contribution < -0.4 is 15.6 Å². The molecule has 1 unspecified atom stereocenters. The summed E-state index contributed by atoms with van der Waals surface area (Å²) in [6.07, 6.45) is 4.60. The molecule has 0 spiro atoms. The van der Waals surface area contributed by atoms with Crippen molar-refractivity contribution in [3.05, 3.63) is 92.8 Å². The van der Waals surface area contributed by atoms with E-state index in [-0.39, 0.29) is 5.56 Å². The van der Waals surface area contributed by atoms with Crippen LogP contribution in [0.25, 0.3) is 10.2 Å². The molecule has 1 aliphatic rings. The van der Waals surface area contributed by atoms with Crippen LogP contribution >= 0.6 is 11.3 Å². The molecule has 1 atom stereocenters. The van der Waals surface area contributed by atoms with E-state index in [4.69, 9.17) is 4.74 Å². The fraction of sp³-hybridized carbons (Fsp3) is 0.280. The van der Waals surface area contributed by atoms with Crippen LogP contribution in [0.5, 0.6) is 5.75 Å². The van der Waals surface area contributed by atoms with Gasteiger partial charge in [0, 0.05) is 17.5 Å². The zero-order chi connectivity index (χ0) is 21.2. The van der Waals surface area contributed by atoms with Gasteiger partial charge in [0.1, 0.15) is 10.6 Å². The fourth-order valence-corrected chi connectivity index (χ4v) is 5.53. The molecule has 2 aromatic carbocycles. The summed E-state index contributed by atoms with van der Waals surface area (Å²) in [5.41, 5.74) is 3.62. The van der Waals surface area contributed by atoms with Crippen LogP contribution in [0, 0.1) is 0 Å². The molecular formula is C25H25N3O2S. The van der Waals surface area contributed by atoms with Crippen molar-refractivity contribution in [3.8, 4) is 5.75 Å². The van der Waals surface area contributed by atoms with Gasteiger partial charge in [0.15, 0.2) is 0 Å². The van der Waals surface area contributed by atoms with E-state index in [2.05, 4.69) is 34.6 Å². The first-order valence-electron chi connectivity index (χ1n) is 10.6. The van der Waals surface area contributed by atoms with Crippen LogP contribution in [-0.4, -0.2) is 22.7 Å². The van der Waals surface area contributed by atoms with Gasteiger partial charge in [0.05, 0.1) is 25.4 Å². The van der Waals surface area contributed by atoms with Crippen molar-refractivity contribution in [2.75, 3.05) is 7.11 Å². The van der Waals surface area contributed by atoms with Gasteiger partial charge in [-0.1, -0.05) is 42.5 Å². The average Bonchev–Trinajstić information content (AvgIpc) is 3.19. The Balaban J connectivity index is 1.36. The number of aromatic nitrogens is 2. The lowest BCUT2D eigenvalue weighted by Gasteiger charge is -2.23. The van der Waals surface area contributed by atoms with Crippen molar-refractivity contribution in [1.82, 2.24) is 14.9 Å². The smallest absolute Gasteiger partial charge is 0.262 e. The lowest BCUT2D eigenvalue weighted by molar-refractivity contribution is 0.414. The maximum atomic E-state index is 13.3. The van der Waals surface area contributed by atoms with E-state index in [0.717, 1.165) is 47.3 Å². The molecule has 5 nitrogen and oxygen atoms in total. The Bertz CT molecular complexity index is 1250. The second-order valence-electron chi connectivity index (χ2n) is 8.02. The van der Waals surface area contributed by atoms with Crippen LogP contribution in [-0.2, 0) is 25.9 Å². The number of ether oxygens (including phenoxy) is 1. The molecular weight excluding hydrogens is 406 g/mol. The Labute approximate surface area is 185 Å². The first-order valence-corrected chi connectivity index (χ1v) is 11.4. The minimum absolute atomic E-state index is 0.0639. The number of nitrogens with one attached hydrogen (secondary N) is 1. The third-order valence-corrected chi connectivity index (χ3v) is 7.15. The van der Waals surface area contributed by atoms with Gasteiger partial charge in [-0.15, -0.1) is 11.3 Å². The predicted octanol–water partition coefficient (Wildman–Crippen LogP) is 4.16. The zero-order valence-corrected chi connectivity index (χ0v) is 18.3. The Morgan fingerprint density at radius 1 is 1.13 bits per heavy atom. The standard InChI is InChI=1S/C25H25N3O2S/c1-30-20-10-7-18(8-11-20)15-28-16-27-24-23(25(28)29)21-12-9-19(13-22(21)31-24)26-14-17-5-3-2-4-6-17/h2-8,10-11,16,19,26H,9,12-15H2,1H3. The van der Waals surface area contributed by atoms with E-state index in [1.165, 1.54) is 16.0 Å². The maximum Gasteiger partial charge on any atom is 0.262 e. The normalized spacial score (nSPS) is 15.7. The van der Waals surface area contributed by atoms with E-state index >= 15 is 0 Å². The van der Waals surface area contributed by atoms with E-state index in [1.54, 1.807) is 29.3 Å². The molecule has 0 bridgehead atoms.